The van der Waals surface area contributed by atoms with Gasteiger partial charge in [0.1, 0.15) is 12.4 Å². The van der Waals surface area contributed by atoms with Gasteiger partial charge in [-0.05, 0) is 42.3 Å². The minimum atomic E-state index is -0.321. The maximum absolute atomic E-state index is 11.9. The van der Waals surface area contributed by atoms with Gasteiger partial charge in [0.25, 0.3) is 5.91 Å². The van der Waals surface area contributed by atoms with Crippen molar-refractivity contribution in [1.29, 1.82) is 0 Å². The zero-order chi connectivity index (χ0) is 18.8. The summed E-state index contributed by atoms with van der Waals surface area (Å²) in [5, 5.41) is 8.29. The van der Waals surface area contributed by atoms with Crippen LogP contribution in [-0.4, -0.2) is 31.6 Å². The van der Waals surface area contributed by atoms with Crippen molar-refractivity contribution in [3.63, 3.8) is 0 Å². The van der Waals surface area contributed by atoms with E-state index in [4.69, 9.17) is 4.74 Å². The number of urea groups is 1. The molecule has 0 heterocycles. The van der Waals surface area contributed by atoms with E-state index in [1.54, 1.807) is 24.3 Å². The van der Waals surface area contributed by atoms with Crippen LogP contribution in [0, 0.1) is 5.92 Å². The van der Waals surface area contributed by atoms with Gasteiger partial charge in [0.15, 0.2) is 0 Å². The van der Waals surface area contributed by atoms with Crippen LogP contribution in [0.25, 0.3) is 0 Å². The molecule has 6 heteroatoms. The number of carbonyl (C=O) groups excluding carboxylic acids is 2. The smallest absolute Gasteiger partial charge is 0.319 e. The summed E-state index contributed by atoms with van der Waals surface area (Å²) in [6, 6.07) is 15.9. The van der Waals surface area contributed by atoms with Crippen molar-refractivity contribution < 1.29 is 14.3 Å². The molecule has 0 aromatic heterocycles. The van der Waals surface area contributed by atoms with Crippen molar-refractivity contribution in [2.75, 3.05) is 25.0 Å². The molecular formula is C20H25N3O3. The summed E-state index contributed by atoms with van der Waals surface area (Å²) in [5.41, 5.74) is 1.18. The molecule has 3 amide bonds. The number of nitrogens with one attached hydrogen (secondary N) is 3. The first kappa shape index (κ1) is 19.3. The van der Waals surface area contributed by atoms with Crippen LogP contribution in [0.15, 0.2) is 54.6 Å². The maximum Gasteiger partial charge on any atom is 0.319 e. The summed E-state index contributed by atoms with van der Waals surface area (Å²) in [4.78, 5) is 23.8. The third kappa shape index (κ3) is 6.84. The van der Waals surface area contributed by atoms with Crippen molar-refractivity contribution in [3.05, 3.63) is 60.2 Å². The highest BCUT2D eigenvalue weighted by Gasteiger charge is 2.07. The predicted molar refractivity (Wildman–Crippen MR) is 103 cm³/mol. The topological polar surface area (TPSA) is 79.5 Å². The molecule has 2 aromatic carbocycles. The average Bonchev–Trinajstić information content (AvgIpc) is 2.65. The largest absolute Gasteiger partial charge is 0.492 e. The standard InChI is InChI=1S/C20H25N3O3/c1-15(2)14-22-19(24)16-8-10-17(11-9-16)23-20(25)21-12-13-26-18-6-4-3-5-7-18/h3-11,15H,12-14H2,1-2H3,(H,22,24)(H2,21,23,25). The molecule has 0 bridgehead atoms. The first-order valence-corrected chi connectivity index (χ1v) is 8.65. The third-order valence-corrected chi connectivity index (χ3v) is 3.48. The molecule has 0 spiro atoms. The van der Waals surface area contributed by atoms with Crippen LogP contribution < -0.4 is 20.7 Å². The number of benzene rings is 2. The summed E-state index contributed by atoms with van der Waals surface area (Å²) in [5.74, 6) is 1.04. The molecule has 0 unspecified atom stereocenters. The van der Waals surface area contributed by atoms with E-state index in [1.165, 1.54) is 0 Å². The number of ether oxygens (including phenoxy) is 1. The number of carbonyl (C=O) groups is 2. The van der Waals surface area contributed by atoms with Crippen LogP contribution in [-0.2, 0) is 0 Å². The average molecular weight is 355 g/mol. The number of rotatable bonds is 8. The molecule has 2 rings (SSSR count). The second-order valence-corrected chi connectivity index (χ2v) is 6.22. The van der Waals surface area contributed by atoms with Gasteiger partial charge in [-0.3, -0.25) is 4.79 Å². The Morgan fingerprint density at radius 2 is 1.65 bits per heavy atom. The van der Waals surface area contributed by atoms with Crippen LogP contribution in [0.2, 0.25) is 0 Å². The fraction of sp³-hybridized carbons (Fsp3) is 0.300. The molecule has 0 fully saturated rings. The molecule has 0 atom stereocenters. The van der Waals surface area contributed by atoms with Crippen molar-refractivity contribution in [2.45, 2.75) is 13.8 Å². The fourth-order valence-electron chi connectivity index (χ4n) is 2.13. The number of amides is 3. The molecule has 3 N–H and O–H groups in total. The van der Waals surface area contributed by atoms with Gasteiger partial charge >= 0.3 is 6.03 Å². The van der Waals surface area contributed by atoms with Gasteiger partial charge in [0.2, 0.25) is 0 Å². The fourth-order valence-corrected chi connectivity index (χ4v) is 2.13. The van der Waals surface area contributed by atoms with Gasteiger partial charge in [-0.15, -0.1) is 0 Å². The Bertz CT molecular complexity index is 700. The molecule has 0 aliphatic heterocycles. The van der Waals surface area contributed by atoms with E-state index >= 15 is 0 Å². The van der Waals surface area contributed by atoms with Gasteiger partial charge in [0.05, 0.1) is 6.54 Å². The molecule has 0 saturated carbocycles. The summed E-state index contributed by atoms with van der Waals surface area (Å²) in [6.45, 7) is 5.47. The van der Waals surface area contributed by atoms with Gasteiger partial charge in [-0.1, -0.05) is 32.0 Å². The van der Waals surface area contributed by atoms with E-state index in [2.05, 4.69) is 16.0 Å². The Hall–Kier alpha value is -3.02. The number of hydrogen-bond acceptors (Lipinski definition) is 3. The molecule has 0 radical (unpaired) electrons. The molecule has 6 nitrogen and oxygen atoms in total. The Kier molecular flexibility index (Phi) is 7.49. The Morgan fingerprint density at radius 1 is 0.962 bits per heavy atom. The number of para-hydroxylation sites is 1. The highest BCUT2D eigenvalue weighted by molar-refractivity contribution is 5.95. The molecule has 0 aliphatic carbocycles. The van der Waals surface area contributed by atoms with E-state index < -0.39 is 0 Å². The molecule has 2 aromatic rings. The SMILES string of the molecule is CC(C)CNC(=O)c1ccc(NC(=O)NCCOc2ccccc2)cc1. The van der Waals surface area contributed by atoms with E-state index in [0.29, 0.717) is 36.9 Å². The summed E-state index contributed by atoms with van der Waals surface area (Å²) >= 11 is 0. The van der Waals surface area contributed by atoms with Crippen LogP contribution >= 0.6 is 0 Å². The molecule has 0 saturated heterocycles. The van der Waals surface area contributed by atoms with Crippen LogP contribution in [0.4, 0.5) is 10.5 Å². The Balaban J connectivity index is 1.70. The highest BCUT2D eigenvalue weighted by Crippen LogP contribution is 2.10. The molecule has 138 valence electrons. The lowest BCUT2D eigenvalue weighted by molar-refractivity contribution is 0.0949. The normalized spacial score (nSPS) is 10.3. The first-order valence-electron chi connectivity index (χ1n) is 8.65. The second kappa shape index (κ2) is 10.1. The van der Waals surface area contributed by atoms with Gasteiger partial charge in [-0.25, -0.2) is 4.79 Å². The van der Waals surface area contributed by atoms with E-state index in [-0.39, 0.29) is 11.9 Å². The van der Waals surface area contributed by atoms with Crippen LogP contribution in [0.3, 0.4) is 0 Å². The highest BCUT2D eigenvalue weighted by atomic mass is 16.5. The molecule has 0 aliphatic rings. The molecule has 26 heavy (non-hydrogen) atoms. The van der Waals surface area contributed by atoms with Gasteiger partial charge < -0.3 is 20.7 Å². The van der Waals surface area contributed by atoms with E-state index in [9.17, 15) is 9.59 Å². The predicted octanol–water partition coefficient (Wildman–Crippen LogP) is 3.27. The monoisotopic (exact) mass is 355 g/mol. The Morgan fingerprint density at radius 3 is 2.31 bits per heavy atom. The first-order chi connectivity index (χ1) is 12.5. The van der Waals surface area contributed by atoms with E-state index in [0.717, 1.165) is 5.75 Å². The minimum Gasteiger partial charge on any atom is -0.492 e. The summed E-state index contributed by atoms with van der Waals surface area (Å²) in [6.07, 6.45) is 0. The number of hydrogen-bond donors (Lipinski definition) is 3. The van der Waals surface area contributed by atoms with Crippen LogP contribution in [0.1, 0.15) is 24.2 Å². The lowest BCUT2D eigenvalue weighted by atomic mass is 10.1. The summed E-state index contributed by atoms with van der Waals surface area (Å²) < 4.78 is 5.50. The van der Waals surface area contributed by atoms with Crippen LogP contribution in [0.5, 0.6) is 5.75 Å². The molecular weight excluding hydrogens is 330 g/mol. The third-order valence-electron chi connectivity index (χ3n) is 3.48. The van der Waals surface area contributed by atoms with Gasteiger partial charge in [-0.2, -0.15) is 0 Å². The lowest BCUT2D eigenvalue weighted by Gasteiger charge is -2.10. The van der Waals surface area contributed by atoms with Crippen molar-refractivity contribution in [2.24, 2.45) is 5.92 Å². The van der Waals surface area contributed by atoms with Crippen molar-refractivity contribution in [3.8, 4) is 5.75 Å². The van der Waals surface area contributed by atoms with Gasteiger partial charge in [0, 0.05) is 17.8 Å². The van der Waals surface area contributed by atoms with E-state index in [1.807, 2.05) is 44.2 Å². The zero-order valence-electron chi connectivity index (χ0n) is 15.1. The minimum absolute atomic E-state index is 0.118. The second-order valence-electron chi connectivity index (χ2n) is 6.22. The number of anilines is 1. The maximum atomic E-state index is 11.9. The van der Waals surface area contributed by atoms with Crippen molar-refractivity contribution in [1.82, 2.24) is 10.6 Å². The zero-order valence-corrected chi connectivity index (χ0v) is 15.1. The van der Waals surface area contributed by atoms with Crippen molar-refractivity contribution >= 4 is 17.6 Å². The lowest BCUT2D eigenvalue weighted by Crippen LogP contribution is -2.32. The quantitative estimate of drug-likeness (QED) is 0.636. The summed E-state index contributed by atoms with van der Waals surface area (Å²) in [7, 11) is 0. The Labute approximate surface area is 153 Å².